The third-order valence-corrected chi connectivity index (χ3v) is 6.56. The number of benzene rings is 2. The standard InChI is InChI=1S/C18H18ClNO2S2/c19-15-8-6-14(7-9-15)12-23-13-18(21)20-10-3-11-24(22)17-5-2-1-4-16(17)20/h1-2,4-9H,3,10-13H2/t24-/m1/s1. The summed E-state index contributed by atoms with van der Waals surface area (Å²) in [6.07, 6.45) is 0.759. The molecule has 24 heavy (non-hydrogen) atoms. The Kier molecular flexibility index (Phi) is 5.98. The van der Waals surface area contributed by atoms with E-state index in [1.807, 2.05) is 48.5 Å². The van der Waals surface area contributed by atoms with Crippen LogP contribution in [0.1, 0.15) is 12.0 Å². The van der Waals surface area contributed by atoms with Crippen LogP contribution in [0.5, 0.6) is 0 Å². The zero-order valence-electron chi connectivity index (χ0n) is 13.1. The number of carbonyl (C=O) groups excluding carboxylic acids is 1. The van der Waals surface area contributed by atoms with Crippen molar-refractivity contribution in [2.45, 2.75) is 17.1 Å². The van der Waals surface area contributed by atoms with Gasteiger partial charge in [0, 0.05) is 23.1 Å². The molecule has 3 rings (SSSR count). The smallest absolute Gasteiger partial charge is 0.237 e. The number of amides is 1. The van der Waals surface area contributed by atoms with Gasteiger partial charge in [-0.05, 0) is 36.2 Å². The molecule has 1 aliphatic heterocycles. The first-order chi connectivity index (χ1) is 11.6. The van der Waals surface area contributed by atoms with Crippen LogP contribution in [0.25, 0.3) is 0 Å². The molecular formula is C18H18ClNO2S2. The maximum atomic E-state index is 12.6. The molecule has 2 aromatic rings. The van der Waals surface area contributed by atoms with E-state index in [1.54, 1.807) is 16.7 Å². The summed E-state index contributed by atoms with van der Waals surface area (Å²) in [4.78, 5) is 15.2. The number of thioether (sulfide) groups is 1. The summed E-state index contributed by atoms with van der Waals surface area (Å²) in [5.41, 5.74) is 1.94. The van der Waals surface area contributed by atoms with Crippen molar-refractivity contribution in [1.29, 1.82) is 0 Å². The fraction of sp³-hybridized carbons (Fsp3) is 0.278. The Morgan fingerprint density at radius 1 is 1.17 bits per heavy atom. The molecule has 0 saturated carbocycles. The molecule has 1 amide bonds. The number of nitrogens with zero attached hydrogens (tertiary/aromatic N) is 1. The van der Waals surface area contributed by atoms with E-state index >= 15 is 0 Å². The molecule has 0 aromatic heterocycles. The average molecular weight is 380 g/mol. The highest BCUT2D eigenvalue weighted by atomic mass is 35.5. The first-order valence-electron chi connectivity index (χ1n) is 7.75. The van der Waals surface area contributed by atoms with Gasteiger partial charge in [-0.2, -0.15) is 0 Å². The SMILES string of the molecule is O=C(CSCc1ccc(Cl)cc1)N1CCC[S@@](=O)c2ccccc21. The van der Waals surface area contributed by atoms with Crippen LogP contribution >= 0.6 is 23.4 Å². The largest absolute Gasteiger partial charge is 0.310 e. The molecule has 0 fully saturated rings. The molecule has 0 radical (unpaired) electrons. The first-order valence-corrected chi connectivity index (χ1v) is 10.6. The van der Waals surface area contributed by atoms with Gasteiger partial charge in [-0.15, -0.1) is 11.8 Å². The van der Waals surface area contributed by atoms with E-state index in [1.165, 1.54) is 0 Å². The monoisotopic (exact) mass is 379 g/mol. The highest BCUT2D eigenvalue weighted by Crippen LogP contribution is 2.28. The summed E-state index contributed by atoms with van der Waals surface area (Å²) in [6, 6.07) is 15.2. The number of para-hydroxylation sites is 1. The second kappa shape index (κ2) is 8.19. The minimum atomic E-state index is -1.02. The third-order valence-electron chi connectivity index (χ3n) is 3.82. The predicted octanol–water partition coefficient (Wildman–Crippen LogP) is 4.12. The molecule has 0 aliphatic carbocycles. The van der Waals surface area contributed by atoms with Crippen molar-refractivity contribution in [2.75, 3.05) is 23.0 Å². The Balaban J connectivity index is 1.65. The molecule has 0 N–H and O–H groups in total. The second-order valence-electron chi connectivity index (χ2n) is 5.54. The van der Waals surface area contributed by atoms with Crippen molar-refractivity contribution in [3.63, 3.8) is 0 Å². The quantitative estimate of drug-likeness (QED) is 0.801. The van der Waals surface area contributed by atoms with E-state index in [0.29, 0.717) is 23.1 Å². The molecule has 1 atom stereocenters. The van der Waals surface area contributed by atoms with Gasteiger partial charge in [0.2, 0.25) is 5.91 Å². The number of fused-ring (bicyclic) bond motifs is 1. The minimum absolute atomic E-state index is 0.0697. The zero-order chi connectivity index (χ0) is 16.9. The van der Waals surface area contributed by atoms with Crippen molar-refractivity contribution < 1.29 is 9.00 Å². The van der Waals surface area contributed by atoms with E-state index in [0.717, 1.165) is 28.3 Å². The van der Waals surface area contributed by atoms with Crippen LogP contribution in [0.3, 0.4) is 0 Å². The summed E-state index contributed by atoms with van der Waals surface area (Å²) in [5.74, 6) is 1.85. The molecule has 2 aromatic carbocycles. The number of hydrogen-bond acceptors (Lipinski definition) is 3. The van der Waals surface area contributed by atoms with Crippen LogP contribution in [0.2, 0.25) is 5.02 Å². The van der Waals surface area contributed by atoms with Gasteiger partial charge in [0.05, 0.1) is 27.1 Å². The molecule has 126 valence electrons. The van der Waals surface area contributed by atoms with Crippen molar-refractivity contribution in [1.82, 2.24) is 0 Å². The van der Waals surface area contributed by atoms with Gasteiger partial charge < -0.3 is 4.90 Å². The lowest BCUT2D eigenvalue weighted by Crippen LogP contribution is -2.33. The highest BCUT2D eigenvalue weighted by molar-refractivity contribution is 7.99. The van der Waals surface area contributed by atoms with Crippen LogP contribution in [0, 0.1) is 0 Å². The zero-order valence-corrected chi connectivity index (χ0v) is 15.5. The van der Waals surface area contributed by atoms with E-state index in [9.17, 15) is 9.00 Å². The fourth-order valence-corrected chi connectivity index (χ4v) is 4.87. The highest BCUT2D eigenvalue weighted by Gasteiger charge is 2.23. The Bertz CT molecular complexity index is 749. The Morgan fingerprint density at radius 3 is 2.71 bits per heavy atom. The Labute approximate surface area is 153 Å². The van der Waals surface area contributed by atoms with Crippen LogP contribution < -0.4 is 4.90 Å². The third kappa shape index (κ3) is 4.21. The summed E-state index contributed by atoms with van der Waals surface area (Å²) in [7, 11) is -1.02. The Morgan fingerprint density at radius 2 is 1.92 bits per heavy atom. The maximum absolute atomic E-state index is 12.6. The van der Waals surface area contributed by atoms with E-state index in [-0.39, 0.29) is 5.91 Å². The number of hydrogen-bond donors (Lipinski definition) is 0. The van der Waals surface area contributed by atoms with E-state index in [2.05, 4.69) is 0 Å². The van der Waals surface area contributed by atoms with Gasteiger partial charge in [-0.3, -0.25) is 9.00 Å². The molecule has 0 bridgehead atoms. The lowest BCUT2D eigenvalue weighted by atomic mass is 10.2. The van der Waals surface area contributed by atoms with E-state index in [4.69, 9.17) is 11.6 Å². The van der Waals surface area contributed by atoms with E-state index < -0.39 is 10.8 Å². The second-order valence-corrected chi connectivity index (χ2v) is 8.50. The predicted molar refractivity (Wildman–Crippen MR) is 102 cm³/mol. The molecule has 1 aliphatic rings. The lowest BCUT2D eigenvalue weighted by molar-refractivity contribution is -0.116. The summed E-state index contributed by atoms with van der Waals surface area (Å²) >= 11 is 7.47. The van der Waals surface area contributed by atoms with Crippen LogP contribution in [-0.2, 0) is 21.3 Å². The topological polar surface area (TPSA) is 37.4 Å². The van der Waals surface area contributed by atoms with Crippen molar-refractivity contribution >= 4 is 45.8 Å². The molecule has 0 saturated heterocycles. The van der Waals surface area contributed by atoms with Crippen LogP contribution in [0.4, 0.5) is 5.69 Å². The summed E-state index contributed by atoms with van der Waals surface area (Å²) in [5, 5.41) is 0.717. The first kappa shape index (κ1) is 17.5. The maximum Gasteiger partial charge on any atom is 0.237 e. The van der Waals surface area contributed by atoms with Gasteiger partial charge in [0.15, 0.2) is 0 Å². The molecule has 3 nitrogen and oxygen atoms in total. The molecular weight excluding hydrogens is 362 g/mol. The molecule has 1 heterocycles. The lowest BCUT2D eigenvalue weighted by Gasteiger charge is -2.22. The van der Waals surface area contributed by atoms with Gasteiger partial charge in [-0.1, -0.05) is 35.9 Å². The van der Waals surface area contributed by atoms with Gasteiger partial charge in [0.25, 0.3) is 0 Å². The van der Waals surface area contributed by atoms with Crippen LogP contribution in [0.15, 0.2) is 53.4 Å². The normalized spacial score (nSPS) is 17.2. The van der Waals surface area contributed by atoms with Crippen molar-refractivity contribution in [2.24, 2.45) is 0 Å². The van der Waals surface area contributed by atoms with Crippen molar-refractivity contribution in [3.05, 3.63) is 59.1 Å². The summed E-state index contributed by atoms with van der Waals surface area (Å²) in [6.45, 7) is 0.628. The average Bonchev–Trinajstić information content (AvgIpc) is 2.76. The van der Waals surface area contributed by atoms with Gasteiger partial charge in [-0.25, -0.2) is 0 Å². The Hall–Kier alpha value is -1.30. The number of halogens is 1. The minimum Gasteiger partial charge on any atom is -0.310 e. The van der Waals surface area contributed by atoms with Crippen molar-refractivity contribution in [3.8, 4) is 0 Å². The molecule has 6 heteroatoms. The number of anilines is 1. The fourth-order valence-electron chi connectivity index (χ4n) is 2.63. The summed E-state index contributed by atoms with van der Waals surface area (Å²) < 4.78 is 12.3. The number of carbonyl (C=O) groups is 1. The van der Waals surface area contributed by atoms with Crippen LogP contribution in [-0.4, -0.2) is 28.2 Å². The van der Waals surface area contributed by atoms with Gasteiger partial charge in [0.1, 0.15) is 0 Å². The molecule has 0 spiro atoms. The van der Waals surface area contributed by atoms with Gasteiger partial charge >= 0.3 is 0 Å². The number of rotatable bonds is 4. The molecule has 0 unspecified atom stereocenters.